The van der Waals surface area contributed by atoms with Gasteiger partial charge in [-0.3, -0.25) is 4.57 Å². The molecule has 6 heteroatoms. The third kappa shape index (κ3) is 5.09. The molecule has 1 aliphatic rings. The number of morpholine rings is 1. The van der Waals surface area contributed by atoms with Crippen LogP contribution in [0, 0.1) is 5.92 Å². The van der Waals surface area contributed by atoms with Gasteiger partial charge in [-0.05, 0) is 11.5 Å². The molecule has 0 unspecified atom stereocenters. The summed E-state index contributed by atoms with van der Waals surface area (Å²) in [5, 5.41) is 9.91. The number of rotatable bonds is 7. The van der Waals surface area contributed by atoms with Crippen LogP contribution in [0.25, 0.3) is 6.08 Å². The first kappa shape index (κ1) is 18.0. The highest BCUT2D eigenvalue weighted by molar-refractivity contribution is 7.99. The van der Waals surface area contributed by atoms with Crippen LogP contribution < -0.4 is 4.90 Å². The van der Waals surface area contributed by atoms with E-state index in [9.17, 15) is 0 Å². The Hall–Kier alpha value is -1.79. The Kier molecular flexibility index (Phi) is 6.53. The van der Waals surface area contributed by atoms with Gasteiger partial charge in [0.15, 0.2) is 5.16 Å². The van der Waals surface area contributed by atoms with E-state index in [1.54, 1.807) is 11.8 Å². The molecule has 2 aromatic rings. The first-order valence-electron chi connectivity index (χ1n) is 8.84. The summed E-state index contributed by atoms with van der Waals surface area (Å²) in [6, 6.07) is 10.4. The number of thioether (sulfide) groups is 1. The molecule has 1 saturated heterocycles. The van der Waals surface area contributed by atoms with E-state index >= 15 is 0 Å². The maximum atomic E-state index is 5.46. The number of anilines is 1. The molecule has 5 nitrogen and oxygen atoms in total. The van der Waals surface area contributed by atoms with Crippen LogP contribution in [-0.4, -0.2) is 46.8 Å². The summed E-state index contributed by atoms with van der Waals surface area (Å²) in [6.45, 7) is 8.68. The second-order valence-electron chi connectivity index (χ2n) is 6.51. The molecule has 3 rings (SSSR count). The summed E-state index contributed by atoms with van der Waals surface area (Å²) < 4.78 is 7.72. The molecule has 1 aliphatic heterocycles. The molecule has 0 atom stereocenters. The monoisotopic (exact) mass is 358 g/mol. The highest BCUT2D eigenvalue weighted by Gasteiger charge is 2.20. The predicted octanol–water partition coefficient (Wildman–Crippen LogP) is 3.58. The minimum Gasteiger partial charge on any atom is -0.378 e. The van der Waals surface area contributed by atoms with E-state index in [0.29, 0.717) is 5.92 Å². The van der Waals surface area contributed by atoms with E-state index in [1.807, 2.05) is 6.07 Å². The van der Waals surface area contributed by atoms with Crippen molar-refractivity contribution in [3.05, 3.63) is 42.0 Å². The molecule has 134 valence electrons. The Balaban J connectivity index is 1.67. The second-order valence-corrected chi connectivity index (χ2v) is 7.50. The van der Waals surface area contributed by atoms with Crippen molar-refractivity contribution in [2.45, 2.75) is 25.5 Å². The molecule has 1 fully saturated rings. The quantitative estimate of drug-likeness (QED) is 0.708. The molecular weight excluding hydrogens is 332 g/mol. The number of benzene rings is 1. The van der Waals surface area contributed by atoms with E-state index < -0.39 is 0 Å². The summed E-state index contributed by atoms with van der Waals surface area (Å²) in [6.07, 6.45) is 4.34. The Bertz CT molecular complexity index is 678. The van der Waals surface area contributed by atoms with Gasteiger partial charge in [0.05, 0.1) is 13.2 Å². The molecule has 25 heavy (non-hydrogen) atoms. The normalized spacial score (nSPS) is 15.4. The highest BCUT2D eigenvalue weighted by Crippen LogP contribution is 2.24. The Labute approximate surface area is 154 Å². The average Bonchev–Trinajstić information content (AvgIpc) is 3.02. The average molecular weight is 359 g/mol. The van der Waals surface area contributed by atoms with E-state index in [-0.39, 0.29) is 0 Å². The molecule has 2 heterocycles. The number of nitrogens with zero attached hydrogens (tertiary/aromatic N) is 4. The maximum Gasteiger partial charge on any atom is 0.228 e. The SMILES string of the molecule is CC(C)Cn1c(SC/C=C/c2ccccc2)nnc1N1CCOCC1. The summed E-state index contributed by atoms with van der Waals surface area (Å²) in [7, 11) is 0. The van der Waals surface area contributed by atoms with Gasteiger partial charge in [0, 0.05) is 25.4 Å². The third-order valence-corrected chi connectivity index (χ3v) is 4.88. The zero-order valence-electron chi connectivity index (χ0n) is 15.0. The van der Waals surface area contributed by atoms with Crippen molar-refractivity contribution in [3.8, 4) is 0 Å². The maximum absolute atomic E-state index is 5.46. The van der Waals surface area contributed by atoms with Crippen LogP contribution >= 0.6 is 11.8 Å². The fourth-order valence-corrected chi connectivity index (χ4v) is 3.53. The number of ether oxygens (including phenoxy) is 1. The molecule has 0 N–H and O–H groups in total. The van der Waals surface area contributed by atoms with Crippen LogP contribution in [0.1, 0.15) is 19.4 Å². The lowest BCUT2D eigenvalue weighted by Crippen LogP contribution is -2.38. The van der Waals surface area contributed by atoms with Crippen molar-refractivity contribution in [2.24, 2.45) is 5.92 Å². The van der Waals surface area contributed by atoms with Gasteiger partial charge in [-0.2, -0.15) is 0 Å². The molecule has 0 radical (unpaired) electrons. The Morgan fingerprint density at radius 2 is 1.92 bits per heavy atom. The van der Waals surface area contributed by atoms with Crippen molar-refractivity contribution in [3.63, 3.8) is 0 Å². The van der Waals surface area contributed by atoms with Gasteiger partial charge in [0.25, 0.3) is 0 Å². The topological polar surface area (TPSA) is 43.2 Å². The van der Waals surface area contributed by atoms with Crippen LogP contribution in [0.15, 0.2) is 41.6 Å². The molecule has 0 bridgehead atoms. The first-order chi connectivity index (χ1) is 12.2. The smallest absolute Gasteiger partial charge is 0.228 e. The van der Waals surface area contributed by atoms with Crippen LogP contribution in [-0.2, 0) is 11.3 Å². The minimum atomic E-state index is 0.551. The molecule has 0 amide bonds. The third-order valence-electron chi connectivity index (χ3n) is 3.96. The Morgan fingerprint density at radius 3 is 2.64 bits per heavy atom. The van der Waals surface area contributed by atoms with E-state index in [4.69, 9.17) is 4.74 Å². The van der Waals surface area contributed by atoms with Crippen molar-refractivity contribution in [1.82, 2.24) is 14.8 Å². The van der Waals surface area contributed by atoms with Gasteiger partial charge >= 0.3 is 0 Å². The fourth-order valence-electron chi connectivity index (χ4n) is 2.78. The second kappa shape index (κ2) is 9.06. The van der Waals surface area contributed by atoms with Crippen LogP contribution in [0.2, 0.25) is 0 Å². The number of hydrogen-bond acceptors (Lipinski definition) is 5. The lowest BCUT2D eigenvalue weighted by atomic mass is 10.2. The summed E-state index contributed by atoms with van der Waals surface area (Å²) in [5.74, 6) is 2.41. The van der Waals surface area contributed by atoms with E-state index in [1.165, 1.54) is 5.56 Å². The van der Waals surface area contributed by atoms with Gasteiger partial charge in [0.1, 0.15) is 0 Å². The Morgan fingerprint density at radius 1 is 1.16 bits per heavy atom. The van der Waals surface area contributed by atoms with Crippen molar-refractivity contribution in [2.75, 3.05) is 37.0 Å². The van der Waals surface area contributed by atoms with Gasteiger partial charge in [-0.1, -0.05) is 68.1 Å². The predicted molar refractivity (Wildman–Crippen MR) is 104 cm³/mol. The van der Waals surface area contributed by atoms with E-state index in [0.717, 1.165) is 49.7 Å². The zero-order valence-corrected chi connectivity index (χ0v) is 15.8. The highest BCUT2D eigenvalue weighted by atomic mass is 32.2. The lowest BCUT2D eigenvalue weighted by Gasteiger charge is -2.28. The van der Waals surface area contributed by atoms with Crippen LogP contribution in [0.3, 0.4) is 0 Å². The molecule has 0 aliphatic carbocycles. The zero-order chi connectivity index (χ0) is 17.5. The van der Waals surface area contributed by atoms with Crippen molar-refractivity contribution >= 4 is 23.8 Å². The largest absolute Gasteiger partial charge is 0.378 e. The minimum absolute atomic E-state index is 0.551. The standard InChI is InChI=1S/C19H26N4OS/c1-16(2)15-23-18(22-10-12-24-13-11-22)20-21-19(23)25-14-6-9-17-7-4-3-5-8-17/h3-9,16H,10-15H2,1-2H3/b9-6+. The van der Waals surface area contributed by atoms with Gasteiger partial charge in [0.2, 0.25) is 5.95 Å². The van der Waals surface area contributed by atoms with Crippen LogP contribution in [0.5, 0.6) is 0 Å². The fraction of sp³-hybridized carbons (Fsp3) is 0.474. The number of aromatic nitrogens is 3. The molecular formula is C19H26N4OS. The molecule has 0 saturated carbocycles. The molecule has 1 aromatic heterocycles. The molecule has 1 aromatic carbocycles. The first-order valence-corrected chi connectivity index (χ1v) is 9.83. The van der Waals surface area contributed by atoms with Crippen molar-refractivity contribution < 1.29 is 4.74 Å². The van der Waals surface area contributed by atoms with Gasteiger partial charge in [-0.25, -0.2) is 0 Å². The lowest BCUT2D eigenvalue weighted by molar-refractivity contribution is 0.121. The number of hydrogen-bond donors (Lipinski definition) is 0. The summed E-state index contributed by atoms with van der Waals surface area (Å²) in [5.41, 5.74) is 1.22. The van der Waals surface area contributed by atoms with Crippen LogP contribution in [0.4, 0.5) is 5.95 Å². The van der Waals surface area contributed by atoms with E-state index in [2.05, 4.69) is 69.9 Å². The summed E-state index contributed by atoms with van der Waals surface area (Å²) >= 11 is 1.74. The van der Waals surface area contributed by atoms with Crippen molar-refractivity contribution in [1.29, 1.82) is 0 Å². The van der Waals surface area contributed by atoms with Gasteiger partial charge < -0.3 is 9.64 Å². The molecule has 0 spiro atoms. The summed E-state index contributed by atoms with van der Waals surface area (Å²) in [4.78, 5) is 2.28. The van der Waals surface area contributed by atoms with Gasteiger partial charge in [-0.15, -0.1) is 10.2 Å².